The molecule has 16 heavy (non-hydrogen) atoms. The van der Waals surface area contributed by atoms with E-state index in [1.165, 1.54) is 6.42 Å². The van der Waals surface area contributed by atoms with Gasteiger partial charge in [-0.05, 0) is 34.1 Å². The average molecular weight is 224 g/mol. The van der Waals surface area contributed by atoms with E-state index in [1.54, 1.807) is 0 Å². The van der Waals surface area contributed by atoms with Crippen molar-refractivity contribution in [3.05, 3.63) is 5.69 Å². The Balaban J connectivity index is 2.92. The van der Waals surface area contributed by atoms with Crippen molar-refractivity contribution in [2.24, 2.45) is 0 Å². The minimum atomic E-state index is 0.326. The molecule has 0 radical (unpaired) electrons. The minimum Gasteiger partial charge on any atom is -0.394 e. The maximum atomic E-state index is 6.04. The summed E-state index contributed by atoms with van der Waals surface area (Å²) in [5, 5.41) is 7.91. The van der Waals surface area contributed by atoms with Gasteiger partial charge in [0.25, 0.3) is 0 Å². The third-order valence-corrected chi connectivity index (χ3v) is 2.73. The Morgan fingerprint density at radius 1 is 1.38 bits per heavy atom. The zero-order valence-corrected chi connectivity index (χ0v) is 11.0. The SMILES string of the molecule is CCCC(C)Nc1c(N)c(C)nn1C(C)C. The van der Waals surface area contributed by atoms with E-state index >= 15 is 0 Å². The smallest absolute Gasteiger partial charge is 0.148 e. The Bertz CT molecular complexity index is 341. The van der Waals surface area contributed by atoms with Crippen LogP contribution in [0.15, 0.2) is 0 Å². The fourth-order valence-corrected chi connectivity index (χ4v) is 1.82. The average Bonchev–Trinajstić information content (AvgIpc) is 2.46. The van der Waals surface area contributed by atoms with Crippen molar-refractivity contribution in [2.75, 3.05) is 11.1 Å². The van der Waals surface area contributed by atoms with Gasteiger partial charge in [-0.15, -0.1) is 0 Å². The Morgan fingerprint density at radius 3 is 2.50 bits per heavy atom. The number of hydrogen-bond acceptors (Lipinski definition) is 3. The van der Waals surface area contributed by atoms with Crippen LogP contribution in [0.3, 0.4) is 0 Å². The van der Waals surface area contributed by atoms with Gasteiger partial charge in [0.1, 0.15) is 5.82 Å². The summed E-state index contributed by atoms with van der Waals surface area (Å²) < 4.78 is 1.97. The molecule has 0 amide bonds. The topological polar surface area (TPSA) is 55.9 Å². The van der Waals surface area contributed by atoms with Gasteiger partial charge in [0, 0.05) is 12.1 Å². The first-order valence-corrected chi connectivity index (χ1v) is 6.08. The molecule has 0 aliphatic carbocycles. The van der Waals surface area contributed by atoms with Gasteiger partial charge in [-0.3, -0.25) is 0 Å². The lowest BCUT2D eigenvalue weighted by Gasteiger charge is -2.18. The third kappa shape index (κ3) is 2.68. The van der Waals surface area contributed by atoms with E-state index in [0.29, 0.717) is 12.1 Å². The summed E-state index contributed by atoms with van der Waals surface area (Å²) in [5.74, 6) is 0.966. The molecule has 0 bridgehead atoms. The molecule has 1 unspecified atom stereocenters. The molecule has 1 aromatic heterocycles. The van der Waals surface area contributed by atoms with E-state index in [0.717, 1.165) is 23.6 Å². The monoisotopic (exact) mass is 224 g/mol. The van der Waals surface area contributed by atoms with Crippen molar-refractivity contribution in [1.29, 1.82) is 0 Å². The van der Waals surface area contributed by atoms with Gasteiger partial charge < -0.3 is 11.1 Å². The number of nitrogen functional groups attached to an aromatic ring is 1. The predicted molar refractivity (Wildman–Crippen MR) is 69.8 cm³/mol. The molecule has 1 heterocycles. The molecule has 3 N–H and O–H groups in total. The first-order chi connectivity index (χ1) is 7.47. The van der Waals surface area contributed by atoms with E-state index < -0.39 is 0 Å². The molecule has 0 saturated carbocycles. The second kappa shape index (κ2) is 5.23. The molecule has 4 heteroatoms. The van der Waals surface area contributed by atoms with Crippen molar-refractivity contribution in [3.63, 3.8) is 0 Å². The molecule has 4 nitrogen and oxygen atoms in total. The fourth-order valence-electron chi connectivity index (χ4n) is 1.82. The largest absolute Gasteiger partial charge is 0.394 e. The van der Waals surface area contributed by atoms with Crippen LogP contribution in [-0.4, -0.2) is 15.8 Å². The van der Waals surface area contributed by atoms with Gasteiger partial charge in [0.05, 0.1) is 11.4 Å². The molecular weight excluding hydrogens is 200 g/mol. The van der Waals surface area contributed by atoms with Gasteiger partial charge in [0.2, 0.25) is 0 Å². The maximum absolute atomic E-state index is 6.04. The third-order valence-electron chi connectivity index (χ3n) is 2.73. The molecular formula is C12H24N4. The summed E-state index contributed by atoms with van der Waals surface area (Å²) in [5.41, 5.74) is 7.72. The molecule has 0 aliphatic heterocycles. The van der Waals surface area contributed by atoms with Crippen molar-refractivity contribution < 1.29 is 0 Å². The summed E-state index contributed by atoms with van der Waals surface area (Å²) in [6.45, 7) is 10.5. The Hall–Kier alpha value is -1.19. The van der Waals surface area contributed by atoms with Gasteiger partial charge in [-0.25, -0.2) is 4.68 Å². The van der Waals surface area contributed by atoms with E-state index in [9.17, 15) is 0 Å². The van der Waals surface area contributed by atoms with Crippen LogP contribution in [0.4, 0.5) is 11.5 Å². The summed E-state index contributed by atoms with van der Waals surface area (Å²) >= 11 is 0. The van der Waals surface area contributed by atoms with Crippen LogP contribution in [0.5, 0.6) is 0 Å². The normalized spacial score (nSPS) is 13.1. The van der Waals surface area contributed by atoms with E-state index in [-0.39, 0.29) is 0 Å². The first-order valence-electron chi connectivity index (χ1n) is 6.08. The van der Waals surface area contributed by atoms with Crippen molar-refractivity contribution >= 4 is 11.5 Å². The Labute approximate surface area is 98.2 Å². The highest BCUT2D eigenvalue weighted by molar-refractivity contribution is 5.65. The van der Waals surface area contributed by atoms with E-state index in [2.05, 4.69) is 38.1 Å². The molecule has 0 aromatic carbocycles. The molecule has 92 valence electrons. The van der Waals surface area contributed by atoms with Crippen LogP contribution >= 0.6 is 0 Å². The standard InChI is InChI=1S/C12H24N4/c1-6-7-9(4)14-12-11(13)10(5)15-16(12)8(2)3/h8-9,14H,6-7,13H2,1-5H3. The van der Waals surface area contributed by atoms with E-state index in [1.807, 2.05) is 11.6 Å². The summed E-state index contributed by atoms with van der Waals surface area (Å²) in [6.07, 6.45) is 2.31. The highest BCUT2D eigenvalue weighted by Gasteiger charge is 2.15. The molecule has 0 aliphatic rings. The first kappa shape index (κ1) is 12.9. The number of anilines is 2. The summed E-state index contributed by atoms with van der Waals surface area (Å²) in [7, 11) is 0. The zero-order chi connectivity index (χ0) is 12.3. The van der Waals surface area contributed by atoms with Crippen molar-refractivity contribution in [3.8, 4) is 0 Å². The molecule has 1 aromatic rings. The zero-order valence-electron chi connectivity index (χ0n) is 11.0. The molecule has 0 spiro atoms. The van der Waals surface area contributed by atoms with Crippen molar-refractivity contribution in [1.82, 2.24) is 9.78 Å². The van der Waals surface area contributed by atoms with Gasteiger partial charge >= 0.3 is 0 Å². The number of rotatable bonds is 5. The van der Waals surface area contributed by atoms with Crippen molar-refractivity contribution in [2.45, 2.75) is 59.5 Å². The van der Waals surface area contributed by atoms with Crippen LogP contribution in [0.2, 0.25) is 0 Å². The number of aromatic nitrogens is 2. The molecule has 1 rings (SSSR count). The Kier molecular flexibility index (Phi) is 4.21. The second-order valence-corrected chi connectivity index (χ2v) is 4.72. The number of nitrogens with one attached hydrogen (secondary N) is 1. The summed E-state index contributed by atoms with van der Waals surface area (Å²) in [6, 6.07) is 0.758. The highest BCUT2D eigenvalue weighted by atomic mass is 15.4. The highest BCUT2D eigenvalue weighted by Crippen LogP contribution is 2.26. The van der Waals surface area contributed by atoms with Crippen LogP contribution in [0.25, 0.3) is 0 Å². The number of nitrogens with two attached hydrogens (primary N) is 1. The predicted octanol–water partition coefficient (Wildman–Crippen LogP) is 2.96. The fraction of sp³-hybridized carbons (Fsp3) is 0.750. The molecule has 1 atom stereocenters. The quantitative estimate of drug-likeness (QED) is 0.808. The molecule has 0 fully saturated rings. The Morgan fingerprint density at radius 2 is 2.00 bits per heavy atom. The number of hydrogen-bond donors (Lipinski definition) is 2. The molecule has 0 saturated heterocycles. The van der Waals surface area contributed by atoms with Gasteiger partial charge in [-0.1, -0.05) is 13.3 Å². The van der Waals surface area contributed by atoms with Crippen LogP contribution in [0, 0.1) is 6.92 Å². The van der Waals surface area contributed by atoms with Gasteiger partial charge in [0.15, 0.2) is 0 Å². The lowest BCUT2D eigenvalue weighted by Crippen LogP contribution is -2.19. The van der Waals surface area contributed by atoms with Crippen LogP contribution in [0.1, 0.15) is 52.3 Å². The lowest BCUT2D eigenvalue weighted by atomic mass is 10.2. The van der Waals surface area contributed by atoms with Crippen LogP contribution in [-0.2, 0) is 0 Å². The lowest BCUT2D eigenvalue weighted by molar-refractivity contribution is 0.529. The van der Waals surface area contributed by atoms with Gasteiger partial charge in [-0.2, -0.15) is 5.10 Å². The van der Waals surface area contributed by atoms with E-state index in [4.69, 9.17) is 5.73 Å². The minimum absolute atomic E-state index is 0.326. The summed E-state index contributed by atoms with van der Waals surface area (Å²) in [4.78, 5) is 0. The van der Waals surface area contributed by atoms with Crippen LogP contribution < -0.4 is 11.1 Å². The second-order valence-electron chi connectivity index (χ2n) is 4.72. The number of nitrogens with zero attached hydrogens (tertiary/aromatic N) is 2. The number of aryl methyl sites for hydroxylation is 1. The maximum Gasteiger partial charge on any atom is 0.148 e.